The highest BCUT2D eigenvalue weighted by Gasteiger charge is 2.26. The Morgan fingerprint density at radius 1 is 0.963 bits per heavy atom. The highest BCUT2D eigenvalue weighted by molar-refractivity contribution is 5.29. The lowest BCUT2D eigenvalue weighted by molar-refractivity contribution is 0.277. The number of hydrogen-bond donors (Lipinski definition) is 0. The number of aryl methyl sites for hydroxylation is 1. The first kappa shape index (κ1) is 20.5. The van der Waals surface area contributed by atoms with Crippen LogP contribution in [0.5, 0.6) is 0 Å². The molecule has 0 heterocycles. The van der Waals surface area contributed by atoms with Gasteiger partial charge in [-0.15, -0.1) is 0 Å². The first-order valence-corrected chi connectivity index (χ1v) is 10.7. The molecule has 0 nitrogen and oxygen atoms in total. The molecule has 2 aliphatic carbocycles. The molecule has 0 saturated heterocycles. The summed E-state index contributed by atoms with van der Waals surface area (Å²) in [5.74, 6) is 0.325. The lowest BCUT2D eigenvalue weighted by atomic mass is 9.78. The van der Waals surface area contributed by atoms with Gasteiger partial charge in [-0.1, -0.05) is 50.8 Å². The van der Waals surface area contributed by atoms with Gasteiger partial charge in [-0.3, -0.25) is 0 Å². The van der Waals surface area contributed by atoms with E-state index in [1.165, 1.54) is 32.6 Å². The molecule has 1 aromatic carbocycles. The minimum atomic E-state index is -0.648. The Balaban J connectivity index is 1.59. The summed E-state index contributed by atoms with van der Waals surface area (Å²) in [4.78, 5) is 0. The van der Waals surface area contributed by atoms with Crippen molar-refractivity contribution in [2.45, 2.75) is 84.0 Å². The number of rotatable bonds is 5. The van der Waals surface area contributed by atoms with Crippen molar-refractivity contribution in [2.24, 2.45) is 17.8 Å². The van der Waals surface area contributed by atoms with Crippen LogP contribution in [0.15, 0.2) is 24.0 Å². The smallest absolute Gasteiger partial charge is 0.162 e. The second-order valence-corrected chi connectivity index (χ2v) is 8.97. The van der Waals surface area contributed by atoms with Crippen LogP contribution < -0.4 is 0 Å². The van der Waals surface area contributed by atoms with Crippen molar-refractivity contribution in [3.8, 4) is 0 Å². The zero-order chi connectivity index (χ0) is 19.4. The second-order valence-electron chi connectivity index (χ2n) is 8.97. The summed E-state index contributed by atoms with van der Waals surface area (Å²) >= 11 is 0. The zero-order valence-electron chi connectivity index (χ0n) is 16.7. The average Bonchev–Trinajstić information content (AvgIpc) is 2.65. The van der Waals surface area contributed by atoms with E-state index in [2.05, 4.69) is 6.92 Å². The van der Waals surface area contributed by atoms with Gasteiger partial charge in [0.2, 0.25) is 0 Å². The Kier molecular flexibility index (Phi) is 7.05. The lowest BCUT2D eigenvalue weighted by Crippen LogP contribution is -2.15. The van der Waals surface area contributed by atoms with Gasteiger partial charge in [-0.05, 0) is 80.2 Å². The van der Waals surface area contributed by atoms with Crippen LogP contribution >= 0.6 is 0 Å². The zero-order valence-corrected chi connectivity index (χ0v) is 16.7. The van der Waals surface area contributed by atoms with Gasteiger partial charge in [0, 0.05) is 0 Å². The Bertz CT molecular complexity index is 644. The van der Waals surface area contributed by atoms with Crippen molar-refractivity contribution in [3.05, 3.63) is 46.8 Å². The average molecular weight is 379 g/mol. The van der Waals surface area contributed by atoms with Crippen molar-refractivity contribution >= 4 is 0 Å². The van der Waals surface area contributed by atoms with Gasteiger partial charge in [0.25, 0.3) is 0 Å². The second kappa shape index (κ2) is 9.30. The van der Waals surface area contributed by atoms with Gasteiger partial charge in [0.05, 0.1) is 5.83 Å². The molecule has 0 atom stereocenters. The van der Waals surface area contributed by atoms with Crippen LogP contribution in [0.4, 0.5) is 13.2 Å². The molecule has 0 radical (unpaired) electrons. The summed E-state index contributed by atoms with van der Waals surface area (Å²) in [7, 11) is 0. The highest BCUT2D eigenvalue weighted by atomic mass is 19.2. The first-order chi connectivity index (χ1) is 12.9. The highest BCUT2D eigenvalue weighted by Crippen LogP contribution is 2.39. The predicted molar refractivity (Wildman–Crippen MR) is 105 cm³/mol. The van der Waals surface area contributed by atoms with Crippen molar-refractivity contribution in [1.29, 1.82) is 0 Å². The molecule has 3 rings (SSSR count). The molecular formula is C24H33F3. The third-order valence-corrected chi connectivity index (χ3v) is 6.83. The summed E-state index contributed by atoms with van der Waals surface area (Å²) in [6, 6.07) is 3.61. The normalized spacial score (nSPS) is 29.7. The molecule has 0 bridgehead atoms. The van der Waals surface area contributed by atoms with Crippen LogP contribution in [0.25, 0.3) is 0 Å². The quantitative estimate of drug-likeness (QED) is 0.489. The molecule has 2 saturated carbocycles. The molecule has 1 aromatic rings. The largest absolute Gasteiger partial charge is 0.212 e. The summed E-state index contributed by atoms with van der Waals surface area (Å²) in [5, 5.41) is 0. The van der Waals surface area contributed by atoms with E-state index >= 15 is 0 Å². The maximum atomic E-state index is 14.7. The molecule has 150 valence electrons. The van der Waals surface area contributed by atoms with Gasteiger partial charge in [0.15, 0.2) is 11.6 Å². The fourth-order valence-electron chi connectivity index (χ4n) is 5.01. The molecule has 27 heavy (non-hydrogen) atoms. The van der Waals surface area contributed by atoms with E-state index in [4.69, 9.17) is 0 Å². The maximum absolute atomic E-state index is 14.7. The Morgan fingerprint density at radius 2 is 1.63 bits per heavy atom. The van der Waals surface area contributed by atoms with Crippen molar-refractivity contribution in [3.63, 3.8) is 0 Å². The first-order valence-electron chi connectivity index (χ1n) is 10.7. The Labute approximate surface area is 162 Å². The third kappa shape index (κ3) is 5.39. The van der Waals surface area contributed by atoms with E-state index < -0.39 is 11.6 Å². The maximum Gasteiger partial charge on any atom is 0.162 e. The topological polar surface area (TPSA) is 0 Å². The summed E-state index contributed by atoms with van der Waals surface area (Å²) < 4.78 is 42.4. The monoisotopic (exact) mass is 378 g/mol. The molecule has 0 amide bonds. The van der Waals surface area contributed by atoms with Crippen molar-refractivity contribution in [2.75, 3.05) is 0 Å². The number of allylic oxidation sites excluding steroid dienone is 2. The molecule has 3 heteroatoms. The van der Waals surface area contributed by atoms with E-state index in [0.29, 0.717) is 23.5 Å². The molecular weight excluding hydrogens is 345 g/mol. The molecule has 0 N–H and O–H groups in total. The summed E-state index contributed by atoms with van der Waals surface area (Å²) in [6.45, 7) is 3.76. The Morgan fingerprint density at radius 3 is 2.26 bits per heavy atom. The number of benzene rings is 1. The number of halogens is 3. The van der Waals surface area contributed by atoms with Crippen molar-refractivity contribution < 1.29 is 13.2 Å². The molecule has 2 aliphatic rings. The van der Waals surface area contributed by atoms with E-state index in [9.17, 15) is 13.2 Å². The molecule has 0 aliphatic heterocycles. The SMILES string of the molecule is CC(F)=CC1CCC(c2ccc(CCC3CCC(C)CC3)c(F)c2F)CC1. The van der Waals surface area contributed by atoms with E-state index in [1.54, 1.807) is 18.2 Å². The van der Waals surface area contributed by atoms with Gasteiger partial charge < -0.3 is 0 Å². The minimum Gasteiger partial charge on any atom is -0.212 e. The summed E-state index contributed by atoms with van der Waals surface area (Å²) in [5.41, 5.74) is 1.04. The van der Waals surface area contributed by atoms with Crippen LogP contribution in [0.2, 0.25) is 0 Å². The van der Waals surface area contributed by atoms with E-state index in [-0.39, 0.29) is 17.7 Å². The Hall–Kier alpha value is -1.25. The minimum absolute atomic E-state index is 0.0537. The standard InChI is InChI=1S/C24H33F3/c1-16-3-5-18(6-4-16)7-12-21-13-14-22(24(27)23(21)26)20-10-8-19(9-11-20)15-17(2)25/h13-16,18-20H,3-12H2,1-2H3. The van der Waals surface area contributed by atoms with Crippen LogP contribution in [-0.4, -0.2) is 0 Å². The number of hydrogen-bond acceptors (Lipinski definition) is 0. The van der Waals surface area contributed by atoms with Crippen LogP contribution in [0.3, 0.4) is 0 Å². The molecule has 0 spiro atoms. The van der Waals surface area contributed by atoms with Crippen molar-refractivity contribution in [1.82, 2.24) is 0 Å². The molecule has 2 fully saturated rings. The third-order valence-electron chi connectivity index (χ3n) is 6.83. The summed E-state index contributed by atoms with van der Waals surface area (Å²) in [6.07, 6.45) is 11.5. The fourth-order valence-corrected chi connectivity index (χ4v) is 5.01. The molecule has 0 unspecified atom stereocenters. The molecule has 0 aromatic heterocycles. The lowest BCUT2D eigenvalue weighted by Gasteiger charge is -2.28. The van der Waals surface area contributed by atoms with E-state index in [1.807, 2.05) is 0 Å². The van der Waals surface area contributed by atoms with Crippen LogP contribution in [0.1, 0.15) is 88.7 Å². The fraction of sp³-hybridized carbons (Fsp3) is 0.667. The van der Waals surface area contributed by atoms with E-state index in [0.717, 1.165) is 38.0 Å². The predicted octanol–water partition coefficient (Wildman–Crippen LogP) is 7.87. The van der Waals surface area contributed by atoms with Crippen LogP contribution in [0, 0.1) is 29.4 Å². The van der Waals surface area contributed by atoms with Gasteiger partial charge in [-0.2, -0.15) is 0 Å². The van der Waals surface area contributed by atoms with Crippen LogP contribution in [-0.2, 0) is 6.42 Å². The van der Waals surface area contributed by atoms with Gasteiger partial charge >= 0.3 is 0 Å². The van der Waals surface area contributed by atoms with Gasteiger partial charge in [0.1, 0.15) is 0 Å². The van der Waals surface area contributed by atoms with Gasteiger partial charge in [-0.25, -0.2) is 13.2 Å².